The number of halogens is 1. The minimum Gasteiger partial charge on any atom is -0.543 e. The van der Waals surface area contributed by atoms with Crippen LogP contribution in [0.4, 0.5) is 5.69 Å². The maximum Gasteiger partial charge on any atom is 0.261 e. The average molecular weight is 683 g/mol. The first kappa shape index (κ1) is 31.4. The van der Waals surface area contributed by atoms with E-state index in [4.69, 9.17) is 9.16 Å². The van der Waals surface area contributed by atoms with E-state index < -0.39 is 24.4 Å². The first-order chi connectivity index (χ1) is 18.2. The summed E-state index contributed by atoms with van der Waals surface area (Å²) in [5, 5.41) is 13.7. The van der Waals surface area contributed by atoms with E-state index in [2.05, 4.69) is 66.5 Å². The Kier molecular flexibility index (Phi) is 10.9. The highest BCUT2D eigenvalue weighted by Gasteiger charge is 2.38. The summed E-state index contributed by atoms with van der Waals surface area (Å²) in [5.74, 6) is 1.53. The molecule has 0 fully saturated rings. The largest absolute Gasteiger partial charge is 0.543 e. The van der Waals surface area contributed by atoms with Crippen LogP contribution < -0.4 is 19.2 Å². The van der Waals surface area contributed by atoms with Crippen molar-refractivity contribution in [2.75, 3.05) is 24.4 Å². The number of rotatable bonds is 13. The van der Waals surface area contributed by atoms with Crippen molar-refractivity contribution in [1.82, 2.24) is 5.32 Å². The van der Waals surface area contributed by atoms with Gasteiger partial charge in [0.15, 0.2) is 0 Å². The van der Waals surface area contributed by atoms with E-state index in [1.807, 2.05) is 36.4 Å². The van der Waals surface area contributed by atoms with Crippen molar-refractivity contribution in [3.63, 3.8) is 0 Å². The Hall–Kier alpha value is -2.12. The molecule has 212 valence electrons. The Bertz CT molecular complexity index is 1290. The second kappa shape index (κ2) is 13.5. The fourth-order valence-electron chi connectivity index (χ4n) is 3.37. The van der Waals surface area contributed by atoms with Crippen LogP contribution in [-0.4, -0.2) is 47.6 Å². The molecule has 0 aliphatic carbocycles. The Morgan fingerprint density at radius 3 is 2.10 bits per heavy atom. The van der Waals surface area contributed by atoms with Crippen LogP contribution in [0.2, 0.25) is 18.1 Å². The predicted molar refractivity (Wildman–Crippen MR) is 169 cm³/mol. The lowest BCUT2D eigenvalue weighted by molar-refractivity contribution is 0.106. The summed E-state index contributed by atoms with van der Waals surface area (Å²) < 4.78 is 40.7. The Morgan fingerprint density at radius 1 is 0.923 bits per heavy atom. The van der Waals surface area contributed by atoms with Gasteiger partial charge in [-0.1, -0.05) is 32.9 Å². The molecule has 7 nitrogen and oxygen atoms in total. The van der Waals surface area contributed by atoms with Gasteiger partial charge in [0.05, 0.1) is 4.90 Å². The number of anilines is 1. The highest BCUT2D eigenvalue weighted by Crippen LogP contribution is 2.37. The SMILES string of the molecule is CC(C)(C)[Si](C)(C)Oc1ccc(OC[C@@H](O)CNCCc2ccc(NS(=O)(=O)c3ccc(I)cc3)cc2)cc1. The third-order valence-electron chi connectivity index (χ3n) is 6.75. The molecule has 0 heterocycles. The predicted octanol–water partition coefficient (Wildman–Crippen LogP) is 6.05. The highest BCUT2D eigenvalue weighted by atomic mass is 127. The summed E-state index contributed by atoms with van der Waals surface area (Å²) in [4.78, 5) is 0.228. The molecule has 0 radical (unpaired) electrons. The van der Waals surface area contributed by atoms with E-state index in [1.165, 1.54) is 0 Å². The molecule has 3 rings (SSSR count). The third kappa shape index (κ3) is 9.78. The van der Waals surface area contributed by atoms with Gasteiger partial charge in [-0.15, -0.1) is 0 Å². The molecule has 3 aromatic carbocycles. The number of hydrogen-bond donors (Lipinski definition) is 3. The van der Waals surface area contributed by atoms with Gasteiger partial charge in [-0.2, -0.15) is 0 Å². The van der Waals surface area contributed by atoms with E-state index in [-0.39, 0.29) is 16.5 Å². The number of nitrogens with one attached hydrogen (secondary N) is 2. The molecule has 0 aliphatic rings. The van der Waals surface area contributed by atoms with Gasteiger partial charge in [-0.05, 0) is 120 Å². The topological polar surface area (TPSA) is 96.9 Å². The van der Waals surface area contributed by atoms with Crippen LogP contribution in [0.15, 0.2) is 77.7 Å². The molecule has 1 atom stereocenters. The van der Waals surface area contributed by atoms with Crippen molar-refractivity contribution in [1.29, 1.82) is 0 Å². The molecule has 39 heavy (non-hydrogen) atoms. The van der Waals surface area contributed by atoms with Gasteiger partial charge in [0.2, 0.25) is 8.32 Å². The maximum absolute atomic E-state index is 12.6. The van der Waals surface area contributed by atoms with Crippen molar-refractivity contribution in [3.8, 4) is 11.5 Å². The molecule has 3 aromatic rings. The number of ether oxygens (including phenoxy) is 1. The number of aliphatic hydroxyl groups is 1. The maximum atomic E-state index is 12.6. The number of sulfonamides is 1. The average Bonchev–Trinajstić information content (AvgIpc) is 2.86. The smallest absolute Gasteiger partial charge is 0.261 e. The standard InChI is InChI=1S/C29H39IN2O5SSi/c1-29(2,3)39(4,5)37-27-14-12-26(13-15-27)36-21-25(33)20-31-19-18-22-6-10-24(11-7-22)32-38(34,35)28-16-8-23(30)9-17-28/h6-17,25,31-33H,18-21H2,1-5H3/t25-/m0/s1. The molecule has 0 aromatic heterocycles. The van der Waals surface area contributed by atoms with E-state index in [1.54, 1.807) is 36.4 Å². The molecule has 0 unspecified atom stereocenters. The van der Waals surface area contributed by atoms with Gasteiger partial charge in [-0.25, -0.2) is 8.42 Å². The quantitative estimate of drug-likeness (QED) is 0.116. The van der Waals surface area contributed by atoms with Crippen molar-refractivity contribution >= 4 is 46.6 Å². The van der Waals surface area contributed by atoms with Gasteiger partial charge < -0.3 is 19.6 Å². The Labute approximate surface area is 247 Å². The lowest BCUT2D eigenvalue weighted by atomic mass is 10.1. The lowest BCUT2D eigenvalue weighted by Crippen LogP contribution is -2.43. The van der Waals surface area contributed by atoms with E-state index in [9.17, 15) is 13.5 Å². The monoisotopic (exact) mass is 682 g/mol. The van der Waals surface area contributed by atoms with Gasteiger partial charge in [0.1, 0.15) is 24.2 Å². The fourth-order valence-corrected chi connectivity index (χ4v) is 5.82. The first-order valence-corrected chi connectivity index (χ1v) is 18.4. The summed E-state index contributed by atoms with van der Waals surface area (Å²) in [7, 11) is -5.51. The van der Waals surface area contributed by atoms with Crippen LogP contribution in [0, 0.1) is 3.57 Å². The molecule has 0 saturated carbocycles. The van der Waals surface area contributed by atoms with Crippen LogP contribution in [0.3, 0.4) is 0 Å². The van der Waals surface area contributed by atoms with Crippen molar-refractivity contribution in [3.05, 3.63) is 81.9 Å². The van der Waals surface area contributed by atoms with E-state index in [0.29, 0.717) is 24.5 Å². The molecule has 3 N–H and O–H groups in total. The van der Waals surface area contributed by atoms with Gasteiger partial charge in [0, 0.05) is 15.8 Å². The first-order valence-electron chi connectivity index (χ1n) is 12.9. The van der Waals surface area contributed by atoms with Gasteiger partial charge in [-0.3, -0.25) is 4.72 Å². The third-order valence-corrected chi connectivity index (χ3v) is 13.2. The summed E-state index contributed by atoms with van der Waals surface area (Å²) in [6.07, 6.45) is 0.0964. The number of hydrogen-bond acceptors (Lipinski definition) is 6. The zero-order valence-corrected chi connectivity index (χ0v) is 27.2. The van der Waals surface area contributed by atoms with Gasteiger partial charge >= 0.3 is 0 Å². The zero-order chi connectivity index (χ0) is 28.7. The lowest BCUT2D eigenvalue weighted by Gasteiger charge is -2.36. The van der Waals surface area contributed by atoms with Crippen molar-refractivity contribution in [2.45, 2.75) is 56.3 Å². The summed E-state index contributed by atoms with van der Waals surface area (Å²) in [6, 6.07) is 21.6. The number of aliphatic hydroxyl groups excluding tert-OH is 1. The highest BCUT2D eigenvalue weighted by molar-refractivity contribution is 14.1. The van der Waals surface area contributed by atoms with Crippen LogP contribution in [0.1, 0.15) is 26.3 Å². The van der Waals surface area contributed by atoms with Crippen molar-refractivity contribution in [2.24, 2.45) is 0 Å². The molecule has 0 bridgehead atoms. The molecule has 0 spiro atoms. The minimum absolute atomic E-state index is 0.130. The van der Waals surface area contributed by atoms with Gasteiger partial charge in [0.25, 0.3) is 10.0 Å². The molecular weight excluding hydrogens is 643 g/mol. The van der Waals surface area contributed by atoms with E-state index >= 15 is 0 Å². The van der Waals surface area contributed by atoms with Crippen LogP contribution in [-0.2, 0) is 16.4 Å². The Morgan fingerprint density at radius 2 is 1.51 bits per heavy atom. The summed E-state index contributed by atoms with van der Waals surface area (Å²) >= 11 is 2.14. The van der Waals surface area contributed by atoms with Crippen LogP contribution in [0.5, 0.6) is 11.5 Å². The Balaban J connectivity index is 1.36. The fraction of sp³-hybridized carbons (Fsp3) is 0.379. The molecule has 0 aliphatic heterocycles. The molecular formula is C29H39IN2O5SSi. The molecule has 0 amide bonds. The van der Waals surface area contributed by atoms with Crippen LogP contribution in [0.25, 0.3) is 0 Å². The van der Waals surface area contributed by atoms with Crippen LogP contribution >= 0.6 is 22.6 Å². The number of benzene rings is 3. The normalized spacial score (nSPS) is 13.1. The molecule has 10 heteroatoms. The second-order valence-electron chi connectivity index (χ2n) is 11.0. The zero-order valence-electron chi connectivity index (χ0n) is 23.2. The second-order valence-corrected chi connectivity index (χ2v) is 18.7. The minimum atomic E-state index is -3.62. The summed E-state index contributed by atoms with van der Waals surface area (Å²) in [5.41, 5.74) is 1.57. The van der Waals surface area contributed by atoms with Crippen molar-refractivity contribution < 1.29 is 22.7 Å². The van der Waals surface area contributed by atoms with E-state index in [0.717, 1.165) is 21.3 Å². The molecule has 0 saturated heterocycles. The summed E-state index contributed by atoms with van der Waals surface area (Å²) in [6.45, 7) is 12.3.